The molecule has 124 valence electrons. The topological polar surface area (TPSA) is 34.4 Å². The first-order valence-corrected chi connectivity index (χ1v) is 7.13. The Morgan fingerprint density at radius 2 is 1.75 bits per heavy atom. The van der Waals surface area contributed by atoms with Crippen LogP contribution in [-0.2, 0) is 23.8 Å². The smallest absolute Gasteiger partial charge is 0.301 e. The largest absolute Gasteiger partial charge is 0.416 e. The maximum atomic E-state index is 14.0. The lowest BCUT2D eigenvalue weighted by atomic mass is 10.0. The van der Waals surface area contributed by atoms with E-state index < -0.39 is 17.6 Å². The van der Waals surface area contributed by atoms with Crippen LogP contribution in [0.2, 0.25) is 0 Å². The van der Waals surface area contributed by atoms with Gasteiger partial charge in [-0.15, -0.1) is 0 Å². The van der Waals surface area contributed by atoms with Crippen molar-refractivity contribution in [1.29, 1.82) is 0 Å². The number of benzene rings is 1. The number of alkyl halides is 3. The van der Waals surface area contributed by atoms with Gasteiger partial charge in [-0.25, -0.2) is 9.37 Å². The van der Waals surface area contributed by atoms with Crippen LogP contribution >= 0.6 is 0 Å². The first-order valence-electron chi connectivity index (χ1n) is 7.13. The molecule has 0 radical (unpaired) electrons. The number of hydrogen-bond donors (Lipinski definition) is 0. The van der Waals surface area contributed by atoms with Crippen LogP contribution < -0.4 is 0 Å². The van der Waals surface area contributed by atoms with Crippen molar-refractivity contribution in [3.05, 3.63) is 71.4 Å². The van der Waals surface area contributed by atoms with E-state index in [2.05, 4.69) is 4.98 Å². The molecule has 1 aromatic carbocycles. The number of imidazole rings is 1. The van der Waals surface area contributed by atoms with Crippen molar-refractivity contribution >= 4 is 11.4 Å². The summed E-state index contributed by atoms with van der Waals surface area (Å²) in [4.78, 5) is 16.2. The summed E-state index contributed by atoms with van der Waals surface area (Å²) >= 11 is 0. The van der Waals surface area contributed by atoms with Gasteiger partial charge in [0.15, 0.2) is 0 Å². The Hall–Kier alpha value is -2.70. The van der Waals surface area contributed by atoms with Gasteiger partial charge in [0.25, 0.3) is 0 Å². The van der Waals surface area contributed by atoms with Crippen LogP contribution in [0.3, 0.4) is 0 Å². The molecule has 0 fully saturated rings. The van der Waals surface area contributed by atoms with Gasteiger partial charge in [0.2, 0.25) is 0 Å². The molecule has 0 saturated heterocycles. The second kappa shape index (κ2) is 6.07. The minimum atomic E-state index is -4.41. The lowest BCUT2D eigenvalue weighted by molar-refractivity contribution is -0.137. The molecule has 0 amide bonds. The molecule has 2 heterocycles. The average molecular weight is 336 g/mol. The van der Waals surface area contributed by atoms with E-state index in [-0.39, 0.29) is 24.3 Å². The Morgan fingerprint density at radius 1 is 1.04 bits per heavy atom. The van der Waals surface area contributed by atoms with Gasteiger partial charge in [-0.3, -0.25) is 4.79 Å². The van der Waals surface area contributed by atoms with E-state index >= 15 is 0 Å². The Bertz CT molecular complexity index is 882. The van der Waals surface area contributed by atoms with Gasteiger partial charge in [0, 0.05) is 18.8 Å². The van der Waals surface area contributed by atoms with Gasteiger partial charge < -0.3 is 4.40 Å². The van der Waals surface area contributed by atoms with Crippen LogP contribution in [0.4, 0.5) is 17.6 Å². The molecule has 0 aliphatic carbocycles. The van der Waals surface area contributed by atoms with Crippen molar-refractivity contribution in [1.82, 2.24) is 9.38 Å². The summed E-state index contributed by atoms with van der Waals surface area (Å²) in [5.41, 5.74) is 0.384. The van der Waals surface area contributed by atoms with E-state index in [4.69, 9.17) is 0 Å². The standard InChI is InChI=1S/C17H12F4N2O/c18-14-5-6-16-22-7-8-23(16)15(14)10-13(24)9-11-1-3-12(4-2-11)17(19,20)21/h1-8H,9-10H2. The zero-order valence-electron chi connectivity index (χ0n) is 12.3. The Balaban J connectivity index is 1.76. The van der Waals surface area contributed by atoms with Crippen molar-refractivity contribution in [2.75, 3.05) is 0 Å². The predicted molar refractivity (Wildman–Crippen MR) is 79.0 cm³/mol. The highest BCUT2D eigenvalue weighted by atomic mass is 19.4. The fourth-order valence-corrected chi connectivity index (χ4v) is 2.48. The normalized spacial score (nSPS) is 11.8. The first kappa shape index (κ1) is 16.2. The van der Waals surface area contributed by atoms with E-state index in [9.17, 15) is 22.4 Å². The summed E-state index contributed by atoms with van der Waals surface area (Å²) in [6.07, 6.45) is -1.59. The monoisotopic (exact) mass is 336 g/mol. The fraction of sp³-hybridized carbons (Fsp3) is 0.176. The van der Waals surface area contributed by atoms with Gasteiger partial charge in [-0.2, -0.15) is 13.2 Å². The van der Waals surface area contributed by atoms with E-state index in [1.807, 2.05) is 0 Å². The summed E-state index contributed by atoms with van der Waals surface area (Å²) in [6, 6.07) is 7.12. The molecule has 0 aliphatic rings. The fourth-order valence-electron chi connectivity index (χ4n) is 2.48. The van der Waals surface area contributed by atoms with Crippen molar-refractivity contribution in [3.8, 4) is 0 Å². The number of fused-ring (bicyclic) bond motifs is 1. The summed E-state index contributed by atoms with van der Waals surface area (Å²) < 4.78 is 53.0. The molecular formula is C17H12F4N2O. The van der Waals surface area contributed by atoms with Crippen LogP contribution in [-0.4, -0.2) is 15.2 Å². The molecule has 0 saturated carbocycles. The third kappa shape index (κ3) is 3.29. The quantitative estimate of drug-likeness (QED) is 0.678. The summed E-state index contributed by atoms with van der Waals surface area (Å²) in [5, 5.41) is 0. The van der Waals surface area contributed by atoms with E-state index in [1.54, 1.807) is 6.20 Å². The molecule has 24 heavy (non-hydrogen) atoms. The lowest BCUT2D eigenvalue weighted by Gasteiger charge is -2.08. The molecule has 0 spiro atoms. The van der Waals surface area contributed by atoms with Crippen molar-refractivity contribution in [2.24, 2.45) is 0 Å². The number of nitrogens with zero attached hydrogens (tertiary/aromatic N) is 2. The summed E-state index contributed by atoms with van der Waals surface area (Å²) in [7, 11) is 0. The number of Topliss-reactive ketones (excluding diaryl/α,β-unsaturated/α-hetero) is 1. The summed E-state index contributed by atoms with van der Waals surface area (Å²) in [6.45, 7) is 0. The van der Waals surface area contributed by atoms with Crippen LogP contribution in [0.1, 0.15) is 16.8 Å². The molecule has 0 bridgehead atoms. The Morgan fingerprint density at radius 3 is 2.42 bits per heavy atom. The number of carbonyl (C=O) groups is 1. The highest BCUT2D eigenvalue weighted by Gasteiger charge is 2.30. The molecule has 0 unspecified atom stereocenters. The second-order valence-electron chi connectivity index (χ2n) is 5.37. The van der Waals surface area contributed by atoms with Crippen LogP contribution in [0, 0.1) is 5.82 Å². The number of aromatic nitrogens is 2. The maximum absolute atomic E-state index is 14.0. The molecule has 3 aromatic rings. The molecule has 7 heteroatoms. The zero-order valence-corrected chi connectivity index (χ0v) is 12.3. The highest BCUT2D eigenvalue weighted by molar-refractivity contribution is 5.83. The number of hydrogen-bond acceptors (Lipinski definition) is 2. The van der Waals surface area contributed by atoms with Gasteiger partial charge in [-0.1, -0.05) is 12.1 Å². The molecule has 0 aliphatic heterocycles. The molecule has 0 N–H and O–H groups in total. The molecular weight excluding hydrogens is 324 g/mol. The maximum Gasteiger partial charge on any atom is 0.416 e. The zero-order chi connectivity index (χ0) is 17.3. The van der Waals surface area contributed by atoms with Crippen molar-refractivity contribution < 1.29 is 22.4 Å². The number of rotatable bonds is 4. The second-order valence-corrected chi connectivity index (χ2v) is 5.37. The van der Waals surface area contributed by atoms with Gasteiger partial charge >= 0.3 is 6.18 Å². The Labute approximate surface area is 134 Å². The highest BCUT2D eigenvalue weighted by Crippen LogP contribution is 2.29. The summed E-state index contributed by atoms with van der Waals surface area (Å²) in [5.74, 6) is -0.823. The van der Waals surface area contributed by atoms with Gasteiger partial charge in [-0.05, 0) is 29.8 Å². The van der Waals surface area contributed by atoms with E-state index in [0.29, 0.717) is 11.2 Å². The third-order valence-electron chi connectivity index (χ3n) is 3.66. The minimum Gasteiger partial charge on any atom is -0.301 e. The average Bonchev–Trinajstić information content (AvgIpc) is 2.98. The molecule has 3 rings (SSSR count). The number of ketones is 1. The van der Waals surface area contributed by atoms with Crippen molar-refractivity contribution in [3.63, 3.8) is 0 Å². The Kier molecular flexibility index (Phi) is 4.09. The predicted octanol–water partition coefficient (Wildman–Crippen LogP) is 3.85. The minimum absolute atomic E-state index is 0.0668. The lowest BCUT2D eigenvalue weighted by Crippen LogP contribution is -2.12. The number of halogens is 4. The van der Waals surface area contributed by atoms with Crippen LogP contribution in [0.5, 0.6) is 0 Å². The third-order valence-corrected chi connectivity index (χ3v) is 3.66. The number of carbonyl (C=O) groups excluding carboxylic acids is 1. The van der Waals surface area contributed by atoms with E-state index in [1.165, 1.54) is 34.9 Å². The van der Waals surface area contributed by atoms with Crippen LogP contribution in [0.15, 0.2) is 48.8 Å². The first-order chi connectivity index (χ1) is 11.3. The molecule has 2 aromatic heterocycles. The van der Waals surface area contributed by atoms with Gasteiger partial charge in [0.05, 0.1) is 17.7 Å². The van der Waals surface area contributed by atoms with E-state index in [0.717, 1.165) is 12.1 Å². The van der Waals surface area contributed by atoms with Crippen LogP contribution in [0.25, 0.3) is 5.65 Å². The SMILES string of the molecule is O=C(Cc1ccc(C(F)(F)F)cc1)Cc1c(F)ccc2nccn12. The number of pyridine rings is 1. The van der Waals surface area contributed by atoms with Gasteiger partial charge in [0.1, 0.15) is 17.2 Å². The molecule has 0 atom stereocenters. The van der Waals surface area contributed by atoms with Crippen molar-refractivity contribution in [2.45, 2.75) is 19.0 Å². The molecule has 3 nitrogen and oxygen atoms in total.